The predicted octanol–water partition coefficient (Wildman–Crippen LogP) is 3.76. The van der Waals surface area contributed by atoms with Crippen LogP contribution in [0.3, 0.4) is 0 Å². The second-order valence-corrected chi connectivity index (χ2v) is 6.57. The Balaban J connectivity index is 2.26. The number of carbonyl (C=O) groups is 1. The molecule has 0 aliphatic heterocycles. The van der Waals surface area contributed by atoms with Crippen molar-refractivity contribution in [3.05, 3.63) is 34.3 Å². The van der Waals surface area contributed by atoms with Crippen LogP contribution in [0.15, 0.2) is 18.2 Å². The lowest BCUT2D eigenvalue weighted by Crippen LogP contribution is -2.56. The normalized spacial score (nSPS) is 17.8. The zero-order valence-corrected chi connectivity index (χ0v) is 13.8. The summed E-state index contributed by atoms with van der Waals surface area (Å²) in [6.07, 6.45) is 5.98. The summed E-state index contributed by atoms with van der Waals surface area (Å²) in [5.41, 5.74) is 6.74. The molecule has 0 radical (unpaired) electrons. The number of benzene rings is 1. The summed E-state index contributed by atoms with van der Waals surface area (Å²) >= 11 is 11.5. The minimum absolute atomic E-state index is 0.196. The highest BCUT2D eigenvalue weighted by Gasteiger charge is 2.36. The van der Waals surface area contributed by atoms with Crippen LogP contribution in [0, 0.1) is 6.92 Å². The highest BCUT2D eigenvalue weighted by atomic mass is 35.5. The summed E-state index contributed by atoms with van der Waals surface area (Å²) in [6.45, 7) is 1.88. The Hall–Kier alpha value is -1.13. The first-order valence-corrected chi connectivity index (χ1v) is 8.12. The molecule has 0 heterocycles. The minimum Gasteiger partial charge on any atom is -0.391 e. The van der Waals surface area contributed by atoms with E-state index in [2.05, 4.69) is 5.32 Å². The van der Waals surface area contributed by atoms with Crippen LogP contribution in [0.1, 0.15) is 54.4 Å². The van der Waals surface area contributed by atoms with E-state index in [-0.39, 0.29) is 5.91 Å². The number of rotatable bonds is 3. The molecular formula is C16H21ClN2OS. The molecule has 1 saturated carbocycles. The van der Waals surface area contributed by atoms with Crippen molar-refractivity contribution in [2.45, 2.75) is 51.0 Å². The van der Waals surface area contributed by atoms with Gasteiger partial charge in [0.25, 0.3) is 5.91 Å². The highest BCUT2D eigenvalue weighted by molar-refractivity contribution is 7.80. The molecule has 3 N–H and O–H groups in total. The van der Waals surface area contributed by atoms with Crippen LogP contribution < -0.4 is 11.1 Å². The van der Waals surface area contributed by atoms with Crippen LogP contribution in [-0.4, -0.2) is 16.4 Å². The SMILES string of the molecule is Cc1cccc(C(=O)NC2(C(N)=S)CCCCCC2)c1Cl. The fourth-order valence-corrected chi connectivity index (χ4v) is 3.34. The number of nitrogens with two attached hydrogens (primary N) is 1. The van der Waals surface area contributed by atoms with E-state index in [4.69, 9.17) is 29.6 Å². The smallest absolute Gasteiger partial charge is 0.253 e. The van der Waals surface area contributed by atoms with Crippen molar-refractivity contribution in [1.82, 2.24) is 5.32 Å². The van der Waals surface area contributed by atoms with Crippen molar-refractivity contribution in [3.8, 4) is 0 Å². The number of hydrogen-bond donors (Lipinski definition) is 2. The van der Waals surface area contributed by atoms with Gasteiger partial charge in [-0.2, -0.15) is 0 Å². The molecular weight excluding hydrogens is 304 g/mol. The lowest BCUT2D eigenvalue weighted by molar-refractivity contribution is 0.0917. The van der Waals surface area contributed by atoms with Crippen molar-refractivity contribution in [2.75, 3.05) is 0 Å². The summed E-state index contributed by atoms with van der Waals surface area (Å²) in [6, 6.07) is 5.44. The molecule has 0 spiro atoms. The third-order valence-electron chi connectivity index (χ3n) is 4.22. The van der Waals surface area contributed by atoms with Crippen LogP contribution in [0.5, 0.6) is 0 Å². The summed E-state index contributed by atoms with van der Waals surface area (Å²) < 4.78 is 0. The molecule has 5 heteroatoms. The van der Waals surface area contributed by atoms with E-state index in [0.717, 1.165) is 44.1 Å². The second kappa shape index (κ2) is 6.75. The zero-order chi connectivity index (χ0) is 15.5. The summed E-state index contributed by atoms with van der Waals surface area (Å²) in [4.78, 5) is 13.0. The van der Waals surface area contributed by atoms with Crippen LogP contribution in [0.2, 0.25) is 5.02 Å². The van der Waals surface area contributed by atoms with Crippen molar-refractivity contribution >= 4 is 34.7 Å². The summed E-state index contributed by atoms with van der Waals surface area (Å²) in [7, 11) is 0. The van der Waals surface area contributed by atoms with E-state index in [1.165, 1.54) is 0 Å². The van der Waals surface area contributed by atoms with Gasteiger partial charge in [0.1, 0.15) is 0 Å². The molecule has 0 aromatic heterocycles. The average molecular weight is 325 g/mol. The summed E-state index contributed by atoms with van der Waals surface area (Å²) in [5, 5.41) is 3.55. The molecule has 1 fully saturated rings. The van der Waals surface area contributed by atoms with Gasteiger partial charge in [-0.1, -0.05) is 61.6 Å². The third-order valence-corrected chi connectivity index (χ3v) is 5.11. The molecule has 0 unspecified atom stereocenters. The van der Waals surface area contributed by atoms with E-state index < -0.39 is 5.54 Å². The van der Waals surface area contributed by atoms with Gasteiger partial charge in [0.05, 0.1) is 21.1 Å². The predicted molar refractivity (Wildman–Crippen MR) is 90.9 cm³/mol. The molecule has 1 aliphatic rings. The maximum atomic E-state index is 12.6. The third kappa shape index (κ3) is 3.55. The molecule has 114 valence electrons. The molecule has 0 saturated heterocycles. The molecule has 1 aliphatic carbocycles. The van der Waals surface area contributed by atoms with E-state index in [9.17, 15) is 4.79 Å². The number of amides is 1. The number of thiocarbonyl (C=S) groups is 1. The molecule has 21 heavy (non-hydrogen) atoms. The number of aryl methyl sites for hydroxylation is 1. The van der Waals surface area contributed by atoms with Gasteiger partial charge in [0, 0.05) is 0 Å². The molecule has 0 atom stereocenters. The van der Waals surface area contributed by atoms with Crippen molar-refractivity contribution in [3.63, 3.8) is 0 Å². The lowest BCUT2D eigenvalue weighted by atomic mass is 9.89. The number of hydrogen-bond acceptors (Lipinski definition) is 2. The standard InChI is InChI=1S/C16H21ClN2OS/c1-11-7-6-8-12(13(11)17)14(20)19-16(15(18)21)9-4-2-3-5-10-16/h6-8H,2-5,9-10H2,1H3,(H2,18,21)(H,19,20). The number of nitrogens with one attached hydrogen (secondary N) is 1. The monoisotopic (exact) mass is 324 g/mol. The largest absolute Gasteiger partial charge is 0.391 e. The fraction of sp³-hybridized carbons (Fsp3) is 0.500. The number of halogens is 1. The van der Waals surface area contributed by atoms with Crippen LogP contribution in [0.25, 0.3) is 0 Å². The molecule has 1 aromatic carbocycles. The van der Waals surface area contributed by atoms with E-state index >= 15 is 0 Å². The fourth-order valence-electron chi connectivity index (χ4n) is 2.87. The molecule has 0 bridgehead atoms. The Kier molecular flexibility index (Phi) is 5.22. The van der Waals surface area contributed by atoms with Gasteiger partial charge in [-0.3, -0.25) is 4.79 Å². The van der Waals surface area contributed by atoms with E-state index in [1.807, 2.05) is 19.1 Å². The maximum absolute atomic E-state index is 12.6. The van der Waals surface area contributed by atoms with Gasteiger partial charge < -0.3 is 11.1 Å². The van der Waals surface area contributed by atoms with Gasteiger partial charge in [-0.05, 0) is 31.4 Å². The van der Waals surface area contributed by atoms with Crippen molar-refractivity contribution in [1.29, 1.82) is 0 Å². The van der Waals surface area contributed by atoms with Crippen molar-refractivity contribution in [2.24, 2.45) is 5.73 Å². The van der Waals surface area contributed by atoms with Gasteiger partial charge in [-0.15, -0.1) is 0 Å². The summed E-state index contributed by atoms with van der Waals surface area (Å²) in [5.74, 6) is -0.196. The lowest BCUT2D eigenvalue weighted by Gasteiger charge is -2.33. The molecule has 2 rings (SSSR count). The quantitative estimate of drug-likeness (QED) is 0.657. The Labute approximate surface area is 136 Å². The molecule has 1 aromatic rings. The van der Waals surface area contributed by atoms with Crippen LogP contribution >= 0.6 is 23.8 Å². The second-order valence-electron chi connectivity index (χ2n) is 5.75. The Morgan fingerprint density at radius 1 is 1.29 bits per heavy atom. The Morgan fingerprint density at radius 3 is 2.48 bits per heavy atom. The van der Waals surface area contributed by atoms with Crippen molar-refractivity contribution < 1.29 is 4.79 Å². The first-order valence-electron chi connectivity index (χ1n) is 7.34. The van der Waals surface area contributed by atoms with Gasteiger partial charge in [-0.25, -0.2) is 0 Å². The van der Waals surface area contributed by atoms with E-state index in [0.29, 0.717) is 15.6 Å². The Bertz CT molecular complexity index is 551. The van der Waals surface area contributed by atoms with Crippen LogP contribution in [0.4, 0.5) is 0 Å². The topological polar surface area (TPSA) is 55.1 Å². The van der Waals surface area contributed by atoms with Crippen LogP contribution in [-0.2, 0) is 0 Å². The first kappa shape index (κ1) is 16.2. The maximum Gasteiger partial charge on any atom is 0.253 e. The average Bonchev–Trinajstić information content (AvgIpc) is 2.68. The molecule has 1 amide bonds. The minimum atomic E-state index is -0.573. The first-order chi connectivity index (χ1) is 9.96. The van der Waals surface area contributed by atoms with E-state index in [1.54, 1.807) is 6.07 Å². The molecule has 3 nitrogen and oxygen atoms in total. The zero-order valence-electron chi connectivity index (χ0n) is 12.2. The van der Waals surface area contributed by atoms with Gasteiger partial charge in [0.2, 0.25) is 0 Å². The Morgan fingerprint density at radius 2 is 1.90 bits per heavy atom. The van der Waals surface area contributed by atoms with Gasteiger partial charge >= 0.3 is 0 Å². The van der Waals surface area contributed by atoms with Gasteiger partial charge in [0.15, 0.2) is 0 Å². The number of carbonyl (C=O) groups excluding carboxylic acids is 1. The highest BCUT2D eigenvalue weighted by Crippen LogP contribution is 2.29.